The number of nitrogens with zero attached hydrogens (tertiary/aromatic N) is 3. The number of hydrogen-bond donors (Lipinski definition) is 0. The van der Waals surface area contributed by atoms with Gasteiger partial charge in [0.1, 0.15) is 12.4 Å². The van der Waals surface area contributed by atoms with E-state index < -0.39 is 0 Å². The first kappa shape index (κ1) is 18.8. The Hall–Kier alpha value is -2.56. The third kappa shape index (κ3) is 4.46. The number of pyridine rings is 1. The SMILES string of the molecule is O=C(OCc1ccccc1)N1CCCCC1c1ccc(N2CCCCC2)nc1. The summed E-state index contributed by atoms with van der Waals surface area (Å²) in [6.07, 6.45) is 8.64. The number of anilines is 1. The lowest BCUT2D eigenvalue weighted by Crippen LogP contribution is -2.39. The fraction of sp³-hybridized carbons (Fsp3) is 0.478. The average molecular weight is 380 g/mol. The highest BCUT2D eigenvalue weighted by Gasteiger charge is 2.29. The van der Waals surface area contributed by atoms with Gasteiger partial charge in [0.25, 0.3) is 0 Å². The first-order chi connectivity index (χ1) is 13.8. The number of carbonyl (C=O) groups is 1. The Kier molecular flexibility index (Phi) is 6.10. The van der Waals surface area contributed by atoms with Crippen molar-refractivity contribution in [2.24, 2.45) is 0 Å². The minimum atomic E-state index is -0.228. The molecule has 1 aromatic carbocycles. The van der Waals surface area contributed by atoms with E-state index in [4.69, 9.17) is 9.72 Å². The minimum absolute atomic E-state index is 0.0555. The number of carbonyl (C=O) groups excluding carboxylic acids is 1. The van der Waals surface area contributed by atoms with Crippen molar-refractivity contribution in [1.82, 2.24) is 9.88 Å². The molecule has 28 heavy (non-hydrogen) atoms. The number of piperidine rings is 2. The number of amides is 1. The van der Waals surface area contributed by atoms with Gasteiger partial charge in [-0.25, -0.2) is 9.78 Å². The Bertz CT molecular complexity index is 757. The van der Waals surface area contributed by atoms with Gasteiger partial charge in [0.05, 0.1) is 6.04 Å². The van der Waals surface area contributed by atoms with Gasteiger partial charge in [-0.15, -0.1) is 0 Å². The molecule has 0 spiro atoms. The normalized spacial score (nSPS) is 20.1. The number of benzene rings is 1. The molecule has 1 amide bonds. The van der Waals surface area contributed by atoms with Crippen LogP contribution in [0.4, 0.5) is 10.6 Å². The summed E-state index contributed by atoms with van der Waals surface area (Å²) in [6, 6.07) is 14.2. The molecule has 2 saturated heterocycles. The molecule has 148 valence electrons. The molecular formula is C23H29N3O2. The molecule has 2 fully saturated rings. The second-order valence-electron chi connectivity index (χ2n) is 7.74. The smallest absolute Gasteiger partial charge is 0.410 e. The van der Waals surface area contributed by atoms with E-state index in [-0.39, 0.29) is 12.1 Å². The van der Waals surface area contributed by atoms with E-state index in [1.54, 1.807) is 0 Å². The summed E-state index contributed by atoms with van der Waals surface area (Å²) in [4.78, 5) is 21.7. The lowest BCUT2D eigenvalue weighted by Gasteiger charge is -2.35. The predicted octanol–water partition coefficient (Wildman–Crippen LogP) is 4.94. The maximum absolute atomic E-state index is 12.7. The van der Waals surface area contributed by atoms with Crippen LogP contribution in [0.3, 0.4) is 0 Å². The summed E-state index contributed by atoms with van der Waals surface area (Å²) in [5, 5.41) is 0. The Morgan fingerprint density at radius 1 is 0.964 bits per heavy atom. The Balaban J connectivity index is 1.42. The monoisotopic (exact) mass is 379 g/mol. The van der Waals surface area contributed by atoms with Gasteiger partial charge in [-0.3, -0.25) is 0 Å². The van der Waals surface area contributed by atoms with Crippen LogP contribution in [0.1, 0.15) is 55.7 Å². The molecule has 2 aliphatic rings. The summed E-state index contributed by atoms with van der Waals surface area (Å²) in [5.74, 6) is 1.05. The lowest BCUT2D eigenvalue weighted by molar-refractivity contribution is 0.0678. The van der Waals surface area contributed by atoms with Crippen molar-refractivity contribution in [1.29, 1.82) is 0 Å². The number of ether oxygens (including phenoxy) is 1. The van der Waals surface area contributed by atoms with Crippen LogP contribution in [0.5, 0.6) is 0 Å². The van der Waals surface area contributed by atoms with E-state index in [0.29, 0.717) is 6.61 Å². The van der Waals surface area contributed by atoms with Crippen LogP contribution in [-0.2, 0) is 11.3 Å². The predicted molar refractivity (Wildman–Crippen MR) is 110 cm³/mol. The van der Waals surface area contributed by atoms with Crippen molar-refractivity contribution in [2.45, 2.75) is 51.2 Å². The second-order valence-corrected chi connectivity index (χ2v) is 7.74. The molecule has 2 aromatic rings. The standard InChI is InChI=1S/C23H29N3O2/c27-23(28-18-19-9-3-1-4-10-19)26-16-8-5-11-21(26)20-12-13-22(24-17-20)25-14-6-2-7-15-25/h1,3-4,9-10,12-13,17,21H,2,5-8,11,14-16,18H2. The first-order valence-electron chi connectivity index (χ1n) is 10.5. The molecule has 5 heteroatoms. The average Bonchev–Trinajstić information content (AvgIpc) is 2.79. The second kappa shape index (κ2) is 9.09. The van der Waals surface area contributed by atoms with Crippen molar-refractivity contribution >= 4 is 11.9 Å². The molecule has 0 radical (unpaired) electrons. The number of aromatic nitrogens is 1. The Morgan fingerprint density at radius 2 is 1.75 bits per heavy atom. The largest absolute Gasteiger partial charge is 0.445 e. The van der Waals surface area contributed by atoms with E-state index in [0.717, 1.165) is 55.8 Å². The van der Waals surface area contributed by atoms with Crippen LogP contribution in [-0.4, -0.2) is 35.6 Å². The summed E-state index contributed by atoms with van der Waals surface area (Å²) in [7, 11) is 0. The molecule has 1 atom stereocenters. The molecule has 0 saturated carbocycles. The van der Waals surface area contributed by atoms with Gasteiger partial charge in [0, 0.05) is 25.8 Å². The highest BCUT2D eigenvalue weighted by molar-refractivity contribution is 5.68. The molecule has 0 aliphatic carbocycles. The highest BCUT2D eigenvalue weighted by Crippen LogP contribution is 2.32. The number of rotatable bonds is 4. The van der Waals surface area contributed by atoms with Crippen LogP contribution in [0.15, 0.2) is 48.7 Å². The third-order valence-electron chi connectivity index (χ3n) is 5.78. The molecular weight excluding hydrogens is 350 g/mol. The van der Waals surface area contributed by atoms with Crippen molar-refractivity contribution in [2.75, 3.05) is 24.5 Å². The number of hydrogen-bond acceptors (Lipinski definition) is 4. The number of likely N-dealkylation sites (tertiary alicyclic amines) is 1. The molecule has 0 N–H and O–H groups in total. The van der Waals surface area contributed by atoms with Crippen LogP contribution >= 0.6 is 0 Å². The van der Waals surface area contributed by atoms with Gasteiger partial charge in [-0.1, -0.05) is 36.4 Å². The van der Waals surface area contributed by atoms with Crippen molar-refractivity contribution < 1.29 is 9.53 Å². The zero-order valence-electron chi connectivity index (χ0n) is 16.4. The molecule has 3 heterocycles. The lowest BCUT2D eigenvalue weighted by atomic mass is 9.97. The van der Waals surface area contributed by atoms with Gasteiger partial charge in [-0.05, 0) is 55.7 Å². The fourth-order valence-electron chi connectivity index (χ4n) is 4.20. The summed E-state index contributed by atoms with van der Waals surface area (Å²) < 4.78 is 5.60. The van der Waals surface area contributed by atoms with Crippen LogP contribution in [0.2, 0.25) is 0 Å². The molecule has 1 aromatic heterocycles. The molecule has 0 bridgehead atoms. The maximum atomic E-state index is 12.7. The van der Waals surface area contributed by atoms with E-state index >= 15 is 0 Å². The van der Waals surface area contributed by atoms with Crippen molar-refractivity contribution in [3.05, 3.63) is 59.8 Å². The molecule has 2 aliphatic heterocycles. The van der Waals surface area contributed by atoms with E-state index in [9.17, 15) is 4.79 Å². The Morgan fingerprint density at radius 3 is 2.50 bits per heavy atom. The molecule has 4 rings (SSSR count). The summed E-state index contributed by atoms with van der Waals surface area (Å²) >= 11 is 0. The van der Waals surface area contributed by atoms with Gasteiger partial charge < -0.3 is 14.5 Å². The van der Waals surface area contributed by atoms with Crippen LogP contribution in [0, 0.1) is 0 Å². The molecule has 1 unspecified atom stereocenters. The van der Waals surface area contributed by atoms with Crippen molar-refractivity contribution in [3.8, 4) is 0 Å². The topological polar surface area (TPSA) is 45.7 Å². The fourth-order valence-corrected chi connectivity index (χ4v) is 4.20. The van der Waals surface area contributed by atoms with Gasteiger partial charge in [0.2, 0.25) is 0 Å². The zero-order valence-corrected chi connectivity index (χ0v) is 16.4. The van der Waals surface area contributed by atoms with Crippen LogP contribution < -0.4 is 4.90 Å². The van der Waals surface area contributed by atoms with Gasteiger partial charge >= 0.3 is 6.09 Å². The maximum Gasteiger partial charge on any atom is 0.410 e. The van der Waals surface area contributed by atoms with E-state index in [1.165, 1.54) is 19.3 Å². The quantitative estimate of drug-likeness (QED) is 0.755. The van der Waals surface area contributed by atoms with E-state index in [2.05, 4.69) is 17.0 Å². The van der Waals surface area contributed by atoms with Gasteiger partial charge in [0.15, 0.2) is 0 Å². The van der Waals surface area contributed by atoms with Gasteiger partial charge in [-0.2, -0.15) is 0 Å². The van der Waals surface area contributed by atoms with Crippen molar-refractivity contribution in [3.63, 3.8) is 0 Å². The third-order valence-corrected chi connectivity index (χ3v) is 5.78. The van der Waals surface area contributed by atoms with E-state index in [1.807, 2.05) is 41.4 Å². The highest BCUT2D eigenvalue weighted by atomic mass is 16.6. The molecule has 5 nitrogen and oxygen atoms in total. The summed E-state index contributed by atoms with van der Waals surface area (Å²) in [6.45, 7) is 3.24. The first-order valence-corrected chi connectivity index (χ1v) is 10.5. The Labute approximate surface area is 167 Å². The van der Waals surface area contributed by atoms with Crippen LogP contribution in [0.25, 0.3) is 0 Å². The minimum Gasteiger partial charge on any atom is -0.445 e. The zero-order chi connectivity index (χ0) is 19.2. The summed E-state index contributed by atoms with van der Waals surface area (Å²) in [5.41, 5.74) is 2.12.